The minimum Gasteiger partial charge on any atom is -0.483 e. The van der Waals surface area contributed by atoms with Gasteiger partial charge in [0, 0.05) is 10.8 Å². The van der Waals surface area contributed by atoms with Crippen LogP contribution in [0.25, 0.3) is 0 Å². The van der Waals surface area contributed by atoms with Crippen LogP contribution in [0.4, 0.5) is 11.4 Å². The van der Waals surface area contributed by atoms with E-state index in [-0.39, 0.29) is 41.8 Å². The summed E-state index contributed by atoms with van der Waals surface area (Å²) < 4.78 is 22.6. The van der Waals surface area contributed by atoms with Gasteiger partial charge in [0.2, 0.25) is 6.04 Å². The first kappa shape index (κ1) is 25.1. The number of rotatable bonds is 6. The Balaban J connectivity index is 1.82. The number of allylic oxidation sites excluding steroid dienone is 2. The van der Waals surface area contributed by atoms with Crippen LogP contribution in [-0.2, 0) is 23.8 Å². The molecule has 1 aliphatic carbocycles. The van der Waals surface area contributed by atoms with Gasteiger partial charge in [-0.25, -0.2) is 14.7 Å². The van der Waals surface area contributed by atoms with Crippen molar-refractivity contribution in [3.05, 3.63) is 42.2 Å². The second-order valence-corrected chi connectivity index (χ2v) is 9.79. The fourth-order valence-electron chi connectivity index (χ4n) is 3.44. The number of anilines is 1. The maximum absolute atomic E-state index is 12.1. The van der Waals surface area contributed by atoms with Gasteiger partial charge < -0.3 is 18.9 Å². The molecule has 0 fully saturated rings. The topological polar surface area (TPSA) is 118 Å². The van der Waals surface area contributed by atoms with Gasteiger partial charge in [0.1, 0.15) is 22.6 Å². The molecule has 0 amide bonds. The zero-order chi connectivity index (χ0) is 25.3. The number of carbonyl (C=O) groups is 2. The number of hydroxylamine groups is 1. The van der Waals surface area contributed by atoms with Crippen LogP contribution in [-0.4, -0.2) is 63.3 Å². The first-order chi connectivity index (χ1) is 15.8. The van der Waals surface area contributed by atoms with Gasteiger partial charge in [-0.15, -0.1) is 0 Å². The molecule has 10 heteroatoms. The molecule has 1 unspecified atom stereocenters. The Morgan fingerprint density at radius 1 is 1.00 bits per heavy atom. The highest BCUT2D eigenvalue weighted by Gasteiger charge is 2.45. The fraction of sp³-hybridized carbons (Fsp3) is 0.458. The van der Waals surface area contributed by atoms with Gasteiger partial charge in [0.15, 0.2) is 19.0 Å². The van der Waals surface area contributed by atoms with Gasteiger partial charge in [-0.3, -0.25) is 10.4 Å². The van der Waals surface area contributed by atoms with Crippen LogP contribution in [0.3, 0.4) is 0 Å². The van der Waals surface area contributed by atoms with E-state index in [1.54, 1.807) is 78.0 Å². The van der Waals surface area contributed by atoms with E-state index in [1.807, 2.05) is 0 Å². The second-order valence-electron chi connectivity index (χ2n) is 9.79. The number of hydrogen-bond donors (Lipinski definition) is 2. The normalized spacial score (nSPS) is 17.4. The average Bonchev–Trinajstić information content (AvgIpc) is 2.71. The molecule has 0 saturated heterocycles. The summed E-state index contributed by atoms with van der Waals surface area (Å²) in [6, 6.07) is 3.81. The van der Waals surface area contributed by atoms with Gasteiger partial charge in [-0.2, -0.15) is 0 Å². The summed E-state index contributed by atoms with van der Waals surface area (Å²) in [5.41, 5.74) is -0.731. The summed E-state index contributed by atoms with van der Waals surface area (Å²) in [7, 11) is 0. The van der Waals surface area contributed by atoms with Crippen molar-refractivity contribution in [2.75, 3.05) is 18.3 Å². The quantitative estimate of drug-likeness (QED) is 0.363. The number of benzene rings is 1. The molecule has 0 aromatic heterocycles. The molecule has 0 saturated carbocycles. The highest BCUT2D eigenvalue weighted by molar-refractivity contribution is 6.03. The van der Waals surface area contributed by atoms with Crippen molar-refractivity contribution >= 4 is 29.0 Å². The molecule has 1 aliphatic heterocycles. The largest absolute Gasteiger partial charge is 0.483 e. The molecule has 1 heterocycles. The molecule has 184 valence electrons. The van der Waals surface area contributed by atoms with Gasteiger partial charge >= 0.3 is 17.6 Å². The van der Waals surface area contributed by atoms with Crippen molar-refractivity contribution < 1.29 is 43.7 Å². The molecule has 1 aromatic rings. The Kier molecular flexibility index (Phi) is 6.92. The third-order valence-corrected chi connectivity index (χ3v) is 4.54. The third-order valence-electron chi connectivity index (χ3n) is 4.54. The first-order valence-corrected chi connectivity index (χ1v) is 10.8. The van der Waals surface area contributed by atoms with Crippen molar-refractivity contribution in [3.63, 3.8) is 0 Å². The molecular weight excluding hydrogens is 444 g/mol. The van der Waals surface area contributed by atoms with Gasteiger partial charge in [0.25, 0.3) is 5.71 Å². The Bertz CT molecular complexity index is 1060. The number of carbonyl (C=O) groups excluding carboxylic acids is 2. The summed E-state index contributed by atoms with van der Waals surface area (Å²) in [5, 5.41) is 22.9. The number of para-hydroxylation sites is 1. The predicted octanol–water partition coefficient (Wildman–Crippen LogP) is 3.27. The van der Waals surface area contributed by atoms with Crippen LogP contribution in [0.2, 0.25) is 0 Å². The monoisotopic (exact) mass is 475 g/mol. The smallest absolute Gasteiger partial charge is 0.344 e. The Morgan fingerprint density at radius 2 is 1.59 bits per heavy atom. The molecule has 1 aromatic carbocycles. The average molecular weight is 476 g/mol. The Labute approximate surface area is 198 Å². The van der Waals surface area contributed by atoms with Crippen molar-refractivity contribution in [1.82, 2.24) is 0 Å². The second kappa shape index (κ2) is 9.38. The van der Waals surface area contributed by atoms with Crippen LogP contribution in [0.15, 0.2) is 42.2 Å². The lowest BCUT2D eigenvalue weighted by Crippen LogP contribution is -2.48. The zero-order valence-corrected chi connectivity index (χ0v) is 20.2. The highest BCUT2D eigenvalue weighted by Crippen LogP contribution is 2.42. The van der Waals surface area contributed by atoms with Crippen LogP contribution < -0.4 is 9.80 Å². The summed E-state index contributed by atoms with van der Waals surface area (Å²) in [5.74, 6) is -0.746. The highest BCUT2D eigenvalue weighted by atomic mass is 16.6. The summed E-state index contributed by atoms with van der Waals surface area (Å²) in [6.45, 7) is 9.73. The molecule has 1 atom stereocenters. The number of nitrogens with zero attached hydrogens (tertiary/aromatic N) is 2. The third kappa shape index (κ3) is 5.88. The van der Waals surface area contributed by atoms with Gasteiger partial charge in [-0.1, -0.05) is 12.1 Å². The first-order valence-electron chi connectivity index (χ1n) is 10.8. The Morgan fingerprint density at radius 3 is 2.18 bits per heavy atom. The molecule has 3 rings (SSSR count). The van der Waals surface area contributed by atoms with Crippen LogP contribution >= 0.6 is 0 Å². The van der Waals surface area contributed by atoms with Crippen molar-refractivity contribution in [2.24, 2.45) is 0 Å². The lowest BCUT2D eigenvalue weighted by Gasteiger charge is -2.31. The number of esters is 2. The van der Waals surface area contributed by atoms with Crippen LogP contribution in [0, 0.1) is 0 Å². The molecule has 10 nitrogen and oxygen atoms in total. The molecule has 0 bridgehead atoms. The van der Waals surface area contributed by atoms with Crippen molar-refractivity contribution in [2.45, 2.75) is 58.8 Å². The lowest BCUT2D eigenvalue weighted by molar-refractivity contribution is -0.714. The van der Waals surface area contributed by atoms with E-state index in [2.05, 4.69) is 0 Å². The summed E-state index contributed by atoms with van der Waals surface area (Å²) in [4.78, 5) is 24.1. The fourth-order valence-corrected chi connectivity index (χ4v) is 3.44. The van der Waals surface area contributed by atoms with Gasteiger partial charge in [-0.05, 0) is 59.8 Å². The van der Waals surface area contributed by atoms with E-state index in [4.69, 9.17) is 18.9 Å². The van der Waals surface area contributed by atoms with Crippen molar-refractivity contribution in [3.8, 4) is 5.75 Å². The van der Waals surface area contributed by atoms with E-state index in [9.17, 15) is 20.0 Å². The molecule has 2 N–H and O–H groups in total. The molecule has 2 aliphatic rings. The van der Waals surface area contributed by atoms with Crippen LogP contribution in [0.5, 0.6) is 5.75 Å². The minimum atomic E-state index is -0.925. The SMILES string of the molecule is CC(C)(C)OC(=O)COC1=CC=CC2=[N+](O)c3c(OCC(=O)OC(C)(C)C)cccc3N(O)C12. The number of fused-ring (bicyclic) bond motifs is 2. The number of ether oxygens (including phenoxy) is 4. The van der Waals surface area contributed by atoms with E-state index in [1.165, 1.54) is 0 Å². The molecular formula is C24H31N2O8+. The molecule has 0 radical (unpaired) electrons. The maximum Gasteiger partial charge on any atom is 0.344 e. The van der Waals surface area contributed by atoms with E-state index in [0.717, 1.165) is 9.80 Å². The van der Waals surface area contributed by atoms with Crippen LogP contribution in [0.1, 0.15) is 41.5 Å². The Hall–Kier alpha value is -3.53. The lowest BCUT2D eigenvalue weighted by atomic mass is 10.00. The molecule has 0 spiro atoms. The predicted molar refractivity (Wildman–Crippen MR) is 122 cm³/mol. The number of hydrogen-bond acceptors (Lipinski definition) is 9. The minimum absolute atomic E-state index is 0.137. The maximum atomic E-state index is 12.1. The summed E-state index contributed by atoms with van der Waals surface area (Å²) >= 11 is 0. The molecule has 34 heavy (non-hydrogen) atoms. The van der Waals surface area contributed by atoms with Gasteiger partial charge in [0.05, 0.1) is 0 Å². The van der Waals surface area contributed by atoms with E-state index < -0.39 is 29.2 Å². The van der Waals surface area contributed by atoms with Crippen molar-refractivity contribution in [1.29, 1.82) is 0 Å². The standard InChI is InChI=1S/C24H31N2O8/c1-23(2,3)33-19(27)13-31-17-11-7-9-15-21(17)25(29)16-10-8-12-18(22(16)26(15)30)32-14-20(28)34-24(4,5)6/h7-12,21,29-30H,13-14H2,1-6H3/q+1. The summed E-state index contributed by atoms with van der Waals surface area (Å²) in [6.07, 6.45) is 4.79. The van der Waals surface area contributed by atoms with E-state index >= 15 is 0 Å². The zero-order valence-electron chi connectivity index (χ0n) is 20.2. The van der Waals surface area contributed by atoms with E-state index in [0.29, 0.717) is 0 Å².